The molecule has 15 heavy (non-hydrogen) atoms. The molecule has 5 heteroatoms. The van der Waals surface area contributed by atoms with Crippen molar-refractivity contribution in [3.05, 3.63) is 23.4 Å². The van der Waals surface area contributed by atoms with E-state index in [9.17, 15) is 4.79 Å². The van der Waals surface area contributed by atoms with Crippen LogP contribution in [0, 0.1) is 12.3 Å². The molecule has 0 fully saturated rings. The second-order valence-corrected chi connectivity index (χ2v) is 3.15. The van der Waals surface area contributed by atoms with Gasteiger partial charge in [0.1, 0.15) is 5.82 Å². The number of anilines is 1. The Morgan fingerprint density at radius 3 is 3.00 bits per heavy atom. The second-order valence-electron chi connectivity index (χ2n) is 2.72. The molecule has 1 aromatic heterocycles. The van der Waals surface area contributed by atoms with Gasteiger partial charge in [-0.25, -0.2) is 4.98 Å². The first-order valence-electron chi connectivity index (χ1n) is 4.28. The van der Waals surface area contributed by atoms with Crippen molar-refractivity contribution in [2.75, 3.05) is 18.4 Å². The molecular formula is C10H10ClN3O. The van der Waals surface area contributed by atoms with E-state index in [1.807, 2.05) is 0 Å². The summed E-state index contributed by atoms with van der Waals surface area (Å²) >= 11 is 5.64. The van der Waals surface area contributed by atoms with Gasteiger partial charge in [-0.2, -0.15) is 0 Å². The van der Waals surface area contributed by atoms with Gasteiger partial charge < -0.3 is 5.32 Å². The Balaban J connectivity index is 2.38. The van der Waals surface area contributed by atoms with E-state index in [2.05, 4.69) is 21.5 Å². The predicted molar refractivity (Wildman–Crippen MR) is 59.6 cm³/mol. The molecule has 78 valence electrons. The fourth-order valence-electron chi connectivity index (χ4n) is 0.885. The Morgan fingerprint density at radius 1 is 1.60 bits per heavy atom. The van der Waals surface area contributed by atoms with Crippen LogP contribution in [0.15, 0.2) is 18.3 Å². The van der Waals surface area contributed by atoms with Crippen LogP contribution in [0.1, 0.15) is 0 Å². The highest BCUT2D eigenvalue weighted by molar-refractivity contribution is 6.30. The third-order valence-corrected chi connectivity index (χ3v) is 1.73. The molecule has 0 aliphatic carbocycles. The van der Waals surface area contributed by atoms with Gasteiger partial charge in [0.15, 0.2) is 0 Å². The minimum atomic E-state index is -0.194. The normalized spacial score (nSPS) is 9.33. The van der Waals surface area contributed by atoms with Crippen molar-refractivity contribution in [3.8, 4) is 12.3 Å². The van der Waals surface area contributed by atoms with E-state index in [1.54, 1.807) is 12.1 Å². The van der Waals surface area contributed by atoms with Crippen LogP contribution in [0.5, 0.6) is 0 Å². The van der Waals surface area contributed by atoms with Gasteiger partial charge in [0.25, 0.3) is 0 Å². The minimum absolute atomic E-state index is 0.161. The Kier molecular flexibility index (Phi) is 4.61. The molecule has 2 N–H and O–H groups in total. The maximum Gasteiger partial charge on any atom is 0.239 e. The number of amides is 1. The van der Waals surface area contributed by atoms with E-state index in [-0.39, 0.29) is 12.5 Å². The average Bonchev–Trinajstić information content (AvgIpc) is 2.22. The number of terminal acetylenes is 1. The molecule has 0 spiro atoms. The lowest BCUT2D eigenvalue weighted by Crippen LogP contribution is -2.28. The third-order valence-electron chi connectivity index (χ3n) is 1.51. The van der Waals surface area contributed by atoms with Crippen molar-refractivity contribution in [1.82, 2.24) is 10.3 Å². The molecule has 0 saturated heterocycles. The summed E-state index contributed by atoms with van der Waals surface area (Å²) in [5, 5.41) is 5.88. The average molecular weight is 224 g/mol. The topological polar surface area (TPSA) is 54.0 Å². The second kappa shape index (κ2) is 6.02. The van der Waals surface area contributed by atoms with E-state index >= 15 is 0 Å². The predicted octanol–water partition coefficient (Wildman–Crippen LogP) is 0.896. The van der Waals surface area contributed by atoms with E-state index < -0.39 is 0 Å². The van der Waals surface area contributed by atoms with Crippen LogP contribution in [0.3, 0.4) is 0 Å². The monoisotopic (exact) mass is 223 g/mol. The highest BCUT2D eigenvalue weighted by Gasteiger charge is 2.01. The van der Waals surface area contributed by atoms with Gasteiger partial charge in [-0.1, -0.05) is 17.5 Å². The molecule has 0 aliphatic rings. The summed E-state index contributed by atoms with van der Waals surface area (Å²) in [4.78, 5) is 15.2. The zero-order valence-electron chi connectivity index (χ0n) is 7.96. The molecule has 1 heterocycles. The molecule has 1 amide bonds. The number of carbonyl (C=O) groups excluding carboxylic acids is 1. The van der Waals surface area contributed by atoms with Crippen molar-refractivity contribution in [2.45, 2.75) is 0 Å². The van der Waals surface area contributed by atoms with Gasteiger partial charge >= 0.3 is 0 Å². The van der Waals surface area contributed by atoms with Crippen molar-refractivity contribution in [2.24, 2.45) is 0 Å². The van der Waals surface area contributed by atoms with E-state index in [0.717, 1.165) is 0 Å². The molecule has 0 radical (unpaired) electrons. The number of halogens is 1. The van der Waals surface area contributed by atoms with E-state index in [1.165, 1.54) is 6.20 Å². The van der Waals surface area contributed by atoms with Crippen LogP contribution in [-0.4, -0.2) is 24.0 Å². The van der Waals surface area contributed by atoms with Gasteiger partial charge in [-0.05, 0) is 12.1 Å². The molecule has 1 rings (SSSR count). The van der Waals surface area contributed by atoms with Gasteiger partial charge in [0.2, 0.25) is 5.91 Å². The molecule has 0 aromatic carbocycles. The quantitative estimate of drug-likeness (QED) is 0.589. The Labute approximate surface area is 93.0 Å². The number of aromatic nitrogens is 1. The van der Waals surface area contributed by atoms with Crippen LogP contribution in [-0.2, 0) is 4.79 Å². The molecular weight excluding hydrogens is 214 g/mol. The lowest BCUT2D eigenvalue weighted by molar-refractivity contribution is -0.115. The maximum absolute atomic E-state index is 11.3. The Morgan fingerprint density at radius 2 is 2.40 bits per heavy atom. The van der Waals surface area contributed by atoms with Crippen LogP contribution < -0.4 is 10.6 Å². The summed E-state index contributed by atoms with van der Waals surface area (Å²) in [5.74, 6) is 2.64. The molecule has 0 aliphatic heterocycles. The fraction of sp³-hybridized carbons (Fsp3) is 0.200. The first kappa shape index (κ1) is 11.5. The summed E-state index contributed by atoms with van der Waals surface area (Å²) in [7, 11) is 0. The molecule has 0 bridgehead atoms. The summed E-state index contributed by atoms with van der Waals surface area (Å²) in [6, 6.07) is 3.28. The fourth-order valence-corrected chi connectivity index (χ4v) is 0.997. The zero-order valence-corrected chi connectivity index (χ0v) is 8.71. The first-order valence-corrected chi connectivity index (χ1v) is 4.66. The van der Waals surface area contributed by atoms with Crippen molar-refractivity contribution in [3.63, 3.8) is 0 Å². The summed E-state index contributed by atoms with van der Waals surface area (Å²) < 4.78 is 0. The summed E-state index contributed by atoms with van der Waals surface area (Å²) in [5.41, 5.74) is 0. The summed E-state index contributed by atoms with van der Waals surface area (Å²) in [6.07, 6.45) is 6.48. The van der Waals surface area contributed by atoms with Crippen LogP contribution >= 0.6 is 11.6 Å². The largest absolute Gasteiger partial charge is 0.310 e. The number of rotatable bonds is 4. The van der Waals surface area contributed by atoms with Crippen molar-refractivity contribution >= 4 is 23.3 Å². The van der Waals surface area contributed by atoms with Crippen molar-refractivity contribution in [1.29, 1.82) is 0 Å². The molecule has 0 unspecified atom stereocenters. The lowest BCUT2D eigenvalue weighted by Gasteiger charge is -2.03. The Hall–Kier alpha value is -1.57. The van der Waals surface area contributed by atoms with Gasteiger partial charge in [0.05, 0.1) is 18.1 Å². The standard InChI is InChI=1S/C10H10ClN3O/c1-2-5-12-7-10(15)14-9-4-3-8(11)6-13-9/h1,3-4,6,12H,5,7H2,(H,13,14,15). The van der Waals surface area contributed by atoms with Gasteiger partial charge in [-0.3, -0.25) is 10.1 Å². The van der Waals surface area contributed by atoms with E-state index in [4.69, 9.17) is 18.0 Å². The maximum atomic E-state index is 11.3. The number of carbonyl (C=O) groups is 1. The molecule has 1 aromatic rings. The number of hydrogen-bond donors (Lipinski definition) is 2. The zero-order chi connectivity index (χ0) is 11.1. The highest BCUT2D eigenvalue weighted by Crippen LogP contribution is 2.08. The van der Waals surface area contributed by atoms with Crippen LogP contribution in [0.2, 0.25) is 5.02 Å². The third kappa shape index (κ3) is 4.45. The van der Waals surface area contributed by atoms with Crippen LogP contribution in [0.4, 0.5) is 5.82 Å². The number of pyridine rings is 1. The number of hydrogen-bond acceptors (Lipinski definition) is 3. The number of nitrogens with zero attached hydrogens (tertiary/aromatic N) is 1. The molecule has 0 atom stereocenters. The molecule has 4 nitrogen and oxygen atoms in total. The SMILES string of the molecule is C#CCNCC(=O)Nc1ccc(Cl)cn1. The van der Waals surface area contributed by atoms with Crippen LogP contribution in [0.25, 0.3) is 0 Å². The lowest BCUT2D eigenvalue weighted by atomic mass is 10.4. The molecule has 0 saturated carbocycles. The van der Waals surface area contributed by atoms with Crippen molar-refractivity contribution < 1.29 is 4.79 Å². The Bertz CT molecular complexity index is 369. The first-order chi connectivity index (χ1) is 7.22. The van der Waals surface area contributed by atoms with Gasteiger partial charge in [0, 0.05) is 6.20 Å². The van der Waals surface area contributed by atoms with Gasteiger partial charge in [-0.15, -0.1) is 6.42 Å². The number of nitrogens with one attached hydrogen (secondary N) is 2. The smallest absolute Gasteiger partial charge is 0.239 e. The summed E-state index contributed by atoms with van der Waals surface area (Å²) in [6.45, 7) is 0.524. The van der Waals surface area contributed by atoms with E-state index in [0.29, 0.717) is 17.4 Å². The highest BCUT2D eigenvalue weighted by atomic mass is 35.5. The minimum Gasteiger partial charge on any atom is -0.310 e.